The van der Waals surface area contributed by atoms with Gasteiger partial charge in [-0.1, -0.05) is 66.7 Å². The maximum absolute atomic E-state index is 2.44. The minimum atomic E-state index is 0.929. The molecule has 0 aliphatic carbocycles. The maximum atomic E-state index is 2.44. The Morgan fingerprint density at radius 2 is 1.20 bits per heavy atom. The van der Waals surface area contributed by atoms with E-state index in [1.54, 1.807) is 0 Å². The Kier molecular flexibility index (Phi) is 9.24. The first kappa shape index (κ1) is 15.0. The molecule has 0 heteroatoms. The highest BCUT2D eigenvalue weighted by Crippen LogP contribution is 2.24. The van der Waals surface area contributed by atoms with Crippen molar-refractivity contribution in [2.75, 3.05) is 0 Å². The SMILES string of the molecule is CCCCC(C)CC(C)CC(C)CCC. The topological polar surface area (TPSA) is 0 Å². The van der Waals surface area contributed by atoms with Gasteiger partial charge in [-0.05, 0) is 30.6 Å². The van der Waals surface area contributed by atoms with Crippen molar-refractivity contribution in [2.45, 2.75) is 79.6 Å². The molecule has 0 aromatic rings. The van der Waals surface area contributed by atoms with Gasteiger partial charge in [-0.25, -0.2) is 0 Å². The molecule has 0 radical (unpaired) electrons. The van der Waals surface area contributed by atoms with Crippen molar-refractivity contribution in [3.05, 3.63) is 0 Å². The quantitative estimate of drug-likeness (QED) is 0.462. The van der Waals surface area contributed by atoms with Crippen molar-refractivity contribution in [1.29, 1.82) is 0 Å². The van der Waals surface area contributed by atoms with Crippen LogP contribution in [-0.4, -0.2) is 0 Å². The summed E-state index contributed by atoms with van der Waals surface area (Å²) in [6.07, 6.45) is 9.83. The maximum Gasteiger partial charge on any atom is -0.0438 e. The average molecular weight is 212 g/mol. The van der Waals surface area contributed by atoms with Crippen LogP contribution in [0.3, 0.4) is 0 Å². The first-order valence-corrected chi connectivity index (χ1v) is 7.10. The van der Waals surface area contributed by atoms with Crippen LogP contribution < -0.4 is 0 Å². The lowest BCUT2D eigenvalue weighted by Crippen LogP contribution is -2.07. The Morgan fingerprint density at radius 3 is 1.67 bits per heavy atom. The second kappa shape index (κ2) is 9.24. The van der Waals surface area contributed by atoms with Crippen LogP contribution in [0.1, 0.15) is 79.6 Å². The van der Waals surface area contributed by atoms with Crippen LogP contribution in [0.25, 0.3) is 0 Å². The molecule has 0 bridgehead atoms. The number of hydrogen-bond acceptors (Lipinski definition) is 0. The summed E-state index contributed by atoms with van der Waals surface area (Å²) in [5, 5.41) is 0. The molecule has 0 saturated heterocycles. The fourth-order valence-electron chi connectivity index (χ4n) is 2.75. The van der Waals surface area contributed by atoms with Gasteiger partial charge in [0.1, 0.15) is 0 Å². The Balaban J connectivity index is 3.57. The second-order valence-corrected chi connectivity index (χ2v) is 5.72. The predicted molar refractivity (Wildman–Crippen MR) is 71.2 cm³/mol. The Hall–Kier alpha value is 0. The third kappa shape index (κ3) is 8.96. The summed E-state index contributed by atoms with van der Waals surface area (Å²) in [5.41, 5.74) is 0. The molecule has 0 aromatic carbocycles. The summed E-state index contributed by atoms with van der Waals surface area (Å²) in [7, 11) is 0. The van der Waals surface area contributed by atoms with E-state index in [1.807, 2.05) is 0 Å². The van der Waals surface area contributed by atoms with E-state index < -0.39 is 0 Å². The third-order valence-electron chi connectivity index (χ3n) is 3.44. The zero-order valence-corrected chi connectivity index (χ0v) is 11.7. The molecule has 0 N–H and O–H groups in total. The van der Waals surface area contributed by atoms with Gasteiger partial charge in [-0.15, -0.1) is 0 Å². The molecular weight excluding hydrogens is 180 g/mol. The van der Waals surface area contributed by atoms with Crippen molar-refractivity contribution in [3.8, 4) is 0 Å². The molecule has 0 nitrogen and oxygen atoms in total. The number of rotatable bonds is 9. The number of hydrogen-bond donors (Lipinski definition) is 0. The van der Waals surface area contributed by atoms with Crippen LogP contribution in [0.5, 0.6) is 0 Å². The van der Waals surface area contributed by atoms with E-state index >= 15 is 0 Å². The lowest BCUT2D eigenvalue weighted by molar-refractivity contribution is 0.320. The van der Waals surface area contributed by atoms with Crippen molar-refractivity contribution in [3.63, 3.8) is 0 Å². The third-order valence-corrected chi connectivity index (χ3v) is 3.44. The minimum Gasteiger partial charge on any atom is -0.0654 e. The predicted octanol–water partition coefficient (Wildman–Crippen LogP) is 5.67. The van der Waals surface area contributed by atoms with E-state index in [1.165, 1.54) is 44.9 Å². The average Bonchev–Trinajstić information content (AvgIpc) is 2.14. The largest absolute Gasteiger partial charge is 0.0654 e. The van der Waals surface area contributed by atoms with Gasteiger partial charge in [0.05, 0.1) is 0 Å². The normalized spacial score (nSPS) is 17.4. The van der Waals surface area contributed by atoms with Gasteiger partial charge in [-0.3, -0.25) is 0 Å². The zero-order valence-electron chi connectivity index (χ0n) is 11.7. The van der Waals surface area contributed by atoms with E-state index in [0.717, 1.165) is 17.8 Å². The van der Waals surface area contributed by atoms with Crippen molar-refractivity contribution in [1.82, 2.24) is 0 Å². The van der Waals surface area contributed by atoms with Gasteiger partial charge < -0.3 is 0 Å². The van der Waals surface area contributed by atoms with Crippen molar-refractivity contribution < 1.29 is 0 Å². The van der Waals surface area contributed by atoms with E-state index in [9.17, 15) is 0 Å². The van der Waals surface area contributed by atoms with Crippen molar-refractivity contribution in [2.24, 2.45) is 17.8 Å². The molecule has 0 heterocycles. The molecule has 0 spiro atoms. The summed E-state index contributed by atoms with van der Waals surface area (Å²) in [6.45, 7) is 11.9. The lowest BCUT2D eigenvalue weighted by atomic mass is 9.86. The summed E-state index contributed by atoms with van der Waals surface area (Å²) in [5.74, 6) is 2.80. The van der Waals surface area contributed by atoms with E-state index in [-0.39, 0.29) is 0 Å². The molecule has 0 aliphatic heterocycles. The second-order valence-electron chi connectivity index (χ2n) is 5.72. The van der Waals surface area contributed by atoms with Crippen LogP contribution in [0, 0.1) is 17.8 Å². The number of unbranched alkanes of at least 4 members (excludes halogenated alkanes) is 1. The van der Waals surface area contributed by atoms with Gasteiger partial charge in [0.2, 0.25) is 0 Å². The molecule has 15 heavy (non-hydrogen) atoms. The summed E-state index contributed by atoms with van der Waals surface area (Å²) in [4.78, 5) is 0. The Labute approximate surface area is 97.8 Å². The fraction of sp³-hybridized carbons (Fsp3) is 1.00. The highest BCUT2D eigenvalue weighted by Gasteiger charge is 2.11. The summed E-state index contributed by atoms with van der Waals surface area (Å²) < 4.78 is 0. The molecule has 0 saturated carbocycles. The standard InChI is InChI=1S/C15H32/c1-6-8-10-14(4)12-15(5)11-13(3)9-7-2/h13-15H,6-12H2,1-5H3. The van der Waals surface area contributed by atoms with Crippen LogP contribution in [0.4, 0.5) is 0 Å². The Morgan fingerprint density at radius 1 is 0.667 bits per heavy atom. The molecule has 0 aliphatic rings. The van der Waals surface area contributed by atoms with Crippen LogP contribution in [0.2, 0.25) is 0 Å². The van der Waals surface area contributed by atoms with Gasteiger partial charge in [0.25, 0.3) is 0 Å². The van der Waals surface area contributed by atoms with Crippen molar-refractivity contribution >= 4 is 0 Å². The van der Waals surface area contributed by atoms with E-state index in [2.05, 4.69) is 34.6 Å². The first-order chi connectivity index (χ1) is 7.10. The monoisotopic (exact) mass is 212 g/mol. The van der Waals surface area contributed by atoms with Gasteiger partial charge in [0, 0.05) is 0 Å². The molecule has 0 amide bonds. The molecule has 0 fully saturated rings. The molecule has 3 unspecified atom stereocenters. The van der Waals surface area contributed by atoms with Gasteiger partial charge >= 0.3 is 0 Å². The van der Waals surface area contributed by atoms with E-state index in [0.29, 0.717) is 0 Å². The highest BCUT2D eigenvalue weighted by molar-refractivity contribution is 4.63. The summed E-state index contributed by atoms with van der Waals surface area (Å²) >= 11 is 0. The van der Waals surface area contributed by atoms with Gasteiger partial charge in [0.15, 0.2) is 0 Å². The van der Waals surface area contributed by atoms with Crippen LogP contribution >= 0.6 is 0 Å². The van der Waals surface area contributed by atoms with Gasteiger partial charge in [-0.2, -0.15) is 0 Å². The van der Waals surface area contributed by atoms with Crippen LogP contribution in [0.15, 0.2) is 0 Å². The molecule has 0 rings (SSSR count). The fourth-order valence-corrected chi connectivity index (χ4v) is 2.75. The first-order valence-electron chi connectivity index (χ1n) is 7.10. The van der Waals surface area contributed by atoms with E-state index in [4.69, 9.17) is 0 Å². The molecule has 0 aromatic heterocycles. The Bertz CT molecular complexity index is 128. The molecule has 3 atom stereocenters. The minimum absolute atomic E-state index is 0.929. The summed E-state index contributed by atoms with van der Waals surface area (Å²) in [6, 6.07) is 0. The van der Waals surface area contributed by atoms with Crippen LogP contribution in [-0.2, 0) is 0 Å². The highest BCUT2D eigenvalue weighted by atomic mass is 14.2. The lowest BCUT2D eigenvalue weighted by Gasteiger charge is -2.20. The smallest absolute Gasteiger partial charge is 0.0438 e. The molecular formula is C15H32. The molecule has 92 valence electrons. The zero-order chi connectivity index (χ0) is 11.7.